The molecule has 1 heterocycles. The van der Waals surface area contributed by atoms with E-state index in [2.05, 4.69) is 0 Å². The third-order valence-corrected chi connectivity index (χ3v) is 2.65. The van der Waals surface area contributed by atoms with Crippen LogP contribution in [-0.4, -0.2) is 17.0 Å². The summed E-state index contributed by atoms with van der Waals surface area (Å²) in [6.45, 7) is 0. The van der Waals surface area contributed by atoms with E-state index in [1.54, 1.807) is 41.1 Å². The molecule has 6 heteroatoms. The van der Waals surface area contributed by atoms with Crippen LogP contribution in [0.1, 0.15) is 20.7 Å². The molecule has 0 saturated carbocycles. The Bertz CT molecular complexity index is 521. The van der Waals surface area contributed by atoms with Crippen LogP contribution in [0.4, 0.5) is 5.69 Å². The summed E-state index contributed by atoms with van der Waals surface area (Å²) < 4.78 is 0. The monoisotopic (exact) mass is 264 g/mol. The predicted octanol–water partition coefficient (Wildman–Crippen LogP) is 1.81. The summed E-state index contributed by atoms with van der Waals surface area (Å²) in [4.78, 5) is 20.6. The van der Waals surface area contributed by atoms with Gasteiger partial charge >= 0.3 is 5.97 Å². The lowest BCUT2D eigenvalue weighted by Gasteiger charge is -1.93. The lowest BCUT2D eigenvalue weighted by atomic mass is 10.2. The first-order valence-corrected chi connectivity index (χ1v) is 5.86. The minimum atomic E-state index is -0.855. The van der Waals surface area contributed by atoms with Gasteiger partial charge in [-0.05, 0) is 35.7 Å². The molecule has 0 unspecified atom stereocenters. The second-order valence-electron chi connectivity index (χ2n) is 3.30. The Hall–Kier alpha value is -2.34. The highest BCUT2D eigenvalue weighted by atomic mass is 32.1. The number of amides is 1. The van der Waals surface area contributed by atoms with Gasteiger partial charge in [-0.15, -0.1) is 0 Å². The van der Waals surface area contributed by atoms with Crippen molar-refractivity contribution in [2.24, 2.45) is 5.73 Å². The second kappa shape index (κ2) is 6.41. The Balaban J connectivity index is 0.000000184. The fourth-order valence-electron chi connectivity index (χ4n) is 1.03. The highest BCUT2D eigenvalue weighted by Gasteiger charge is 1.98. The molecule has 5 N–H and O–H groups in total. The van der Waals surface area contributed by atoms with Crippen LogP contribution in [-0.2, 0) is 0 Å². The fourth-order valence-corrected chi connectivity index (χ4v) is 1.66. The van der Waals surface area contributed by atoms with E-state index in [9.17, 15) is 9.59 Å². The van der Waals surface area contributed by atoms with Crippen molar-refractivity contribution in [1.29, 1.82) is 0 Å². The van der Waals surface area contributed by atoms with Crippen molar-refractivity contribution in [1.82, 2.24) is 0 Å². The minimum Gasteiger partial charge on any atom is -0.478 e. The van der Waals surface area contributed by atoms with Crippen molar-refractivity contribution < 1.29 is 14.7 Å². The molecule has 1 aromatic heterocycles. The van der Waals surface area contributed by atoms with Gasteiger partial charge in [-0.25, -0.2) is 4.79 Å². The number of benzene rings is 1. The minimum absolute atomic E-state index is 0.370. The lowest BCUT2D eigenvalue weighted by molar-refractivity contribution is 0.0697. The summed E-state index contributed by atoms with van der Waals surface area (Å²) in [6.07, 6.45) is 0. The maximum absolute atomic E-state index is 10.5. The number of aromatic carboxylic acids is 1. The zero-order chi connectivity index (χ0) is 13.5. The van der Waals surface area contributed by atoms with Gasteiger partial charge < -0.3 is 16.6 Å². The Morgan fingerprint density at radius 1 is 1.06 bits per heavy atom. The van der Waals surface area contributed by atoms with Gasteiger partial charge in [-0.3, -0.25) is 4.79 Å². The van der Waals surface area contributed by atoms with E-state index in [0.717, 1.165) is 0 Å². The zero-order valence-electron chi connectivity index (χ0n) is 9.37. The van der Waals surface area contributed by atoms with Crippen LogP contribution in [0.15, 0.2) is 41.1 Å². The number of carboxylic acid groups (broad SMARTS) is 1. The number of thiophene rings is 1. The molecule has 0 atom stereocenters. The number of nitrogen functional groups attached to an aromatic ring is 1. The normalized spacial score (nSPS) is 9.11. The fraction of sp³-hybridized carbons (Fsp3) is 0. The third kappa shape index (κ3) is 4.26. The molecular weight excluding hydrogens is 252 g/mol. The predicted molar refractivity (Wildman–Crippen MR) is 70.7 cm³/mol. The van der Waals surface area contributed by atoms with Gasteiger partial charge in [0, 0.05) is 16.6 Å². The third-order valence-electron chi connectivity index (χ3n) is 1.96. The average Bonchev–Trinajstić information content (AvgIpc) is 2.84. The first-order chi connectivity index (χ1) is 8.50. The topological polar surface area (TPSA) is 106 Å². The van der Waals surface area contributed by atoms with Crippen LogP contribution >= 0.6 is 11.3 Å². The van der Waals surface area contributed by atoms with Crippen LogP contribution in [0, 0.1) is 0 Å². The van der Waals surface area contributed by atoms with E-state index in [-0.39, 0.29) is 0 Å². The average molecular weight is 264 g/mol. The maximum atomic E-state index is 10.5. The van der Waals surface area contributed by atoms with Crippen molar-refractivity contribution in [3.8, 4) is 0 Å². The van der Waals surface area contributed by atoms with Crippen LogP contribution < -0.4 is 11.5 Å². The molecule has 0 bridgehead atoms. The van der Waals surface area contributed by atoms with E-state index in [1.165, 1.54) is 11.3 Å². The quantitative estimate of drug-likeness (QED) is 0.719. The van der Waals surface area contributed by atoms with Crippen molar-refractivity contribution in [2.75, 3.05) is 5.73 Å². The summed E-state index contributed by atoms with van der Waals surface area (Å²) in [6, 6.07) is 8.04. The maximum Gasteiger partial charge on any atom is 0.336 e. The van der Waals surface area contributed by atoms with E-state index >= 15 is 0 Å². The first-order valence-electron chi connectivity index (χ1n) is 4.91. The van der Waals surface area contributed by atoms with E-state index in [0.29, 0.717) is 16.8 Å². The van der Waals surface area contributed by atoms with Gasteiger partial charge in [0.25, 0.3) is 0 Å². The van der Waals surface area contributed by atoms with Crippen molar-refractivity contribution in [3.63, 3.8) is 0 Å². The molecule has 2 rings (SSSR count). The smallest absolute Gasteiger partial charge is 0.336 e. The molecule has 0 aliphatic carbocycles. The van der Waals surface area contributed by atoms with E-state index < -0.39 is 11.9 Å². The van der Waals surface area contributed by atoms with Crippen molar-refractivity contribution in [2.45, 2.75) is 0 Å². The summed E-state index contributed by atoms with van der Waals surface area (Å²) >= 11 is 1.39. The molecule has 0 aliphatic rings. The van der Waals surface area contributed by atoms with Gasteiger partial charge in [-0.2, -0.15) is 11.3 Å². The first kappa shape index (κ1) is 13.7. The highest BCUT2D eigenvalue weighted by molar-refractivity contribution is 7.08. The number of primary amides is 1. The number of hydrogen-bond acceptors (Lipinski definition) is 4. The van der Waals surface area contributed by atoms with Gasteiger partial charge in [0.05, 0.1) is 5.56 Å². The lowest BCUT2D eigenvalue weighted by Crippen LogP contribution is -2.10. The second-order valence-corrected chi connectivity index (χ2v) is 4.08. The van der Waals surface area contributed by atoms with Crippen LogP contribution in [0.25, 0.3) is 0 Å². The van der Waals surface area contributed by atoms with Crippen LogP contribution in [0.3, 0.4) is 0 Å². The standard InChI is InChI=1S/C7H8N2O.C5H4O2S/c8-6-3-1-5(2-4-6)7(9)10;6-5(7)4-1-2-8-3-4/h1-4H,8H2,(H2,9,10);1-3H,(H,6,7). The number of carbonyl (C=O) groups is 2. The van der Waals surface area contributed by atoms with Gasteiger partial charge in [0.2, 0.25) is 5.91 Å². The SMILES string of the molecule is NC(=O)c1ccc(N)cc1.O=C(O)c1ccsc1. The molecule has 0 aliphatic heterocycles. The molecule has 0 saturated heterocycles. The van der Waals surface area contributed by atoms with E-state index in [1.807, 2.05) is 0 Å². The highest BCUT2D eigenvalue weighted by Crippen LogP contribution is 2.04. The molecule has 5 nitrogen and oxygen atoms in total. The number of nitrogens with two attached hydrogens (primary N) is 2. The Morgan fingerprint density at radius 3 is 2.00 bits per heavy atom. The number of rotatable bonds is 2. The van der Waals surface area contributed by atoms with Gasteiger partial charge in [0.1, 0.15) is 0 Å². The van der Waals surface area contributed by atoms with Gasteiger partial charge in [0.15, 0.2) is 0 Å². The molecular formula is C12H12N2O3S. The molecule has 1 aromatic carbocycles. The molecule has 1 amide bonds. The van der Waals surface area contributed by atoms with Gasteiger partial charge in [-0.1, -0.05) is 0 Å². The molecule has 18 heavy (non-hydrogen) atoms. The summed E-state index contributed by atoms with van der Waals surface area (Å²) in [5.74, 6) is -1.29. The number of hydrogen-bond donors (Lipinski definition) is 3. The summed E-state index contributed by atoms with van der Waals surface area (Å²) in [5.41, 5.74) is 11.8. The molecule has 94 valence electrons. The van der Waals surface area contributed by atoms with Crippen molar-refractivity contribution in [3.05, 3.63) is 52.2 Å². The van der Waals surface area contributed by atoms with E-state index in [4.69, 9.17) is 16.6 Å². The van der Waals surface area contributed by atoms with Crippen LogP contribution in [0.2, 0.25) is 0 Å². The number of carbonyl (C=O) groups excluding carboxylic acids is 1. The Kier molecular flexibility index (Phi) is 4.89. The number of anilines is 1. The largest absolute Gasteiger partial charge is 0.478 e. The molecule has 0 spiro atoms. The van der Waals surface area contributed by atoms with Crippen LogP contribution in [0.5, 0.6) is 0 Å². The van der Waals surface area contributed by atoms with Crippen molar-refractivity contribution >= 4 is 28.9 Å². The Morgan fingerprint density at radius 2 is 1.67 bits per heavy atom. The molecule has 0 radical (unpaired) electrons. The molecule has 2 aromatic rings. The summed E-state index contributed by atoms with van der Waals surface area (Å²) in [5, 5.41) is 11.6. The molecule has 0 fully saturated rings. The number of carboxylic acids is 1. The summed E-state index contributed by atoms with van der Waals surface area (Å²) in [7, 11) is 0. The Labute approximate surface area is 108 Å². The zero-order valence-corrected chi connectivity index (χ0v) is 10.2.